The van der Waals surface area contributed by atoms with Gasteiger partial charge in [-0.2, -0.15) is 13.2 Å². The van der Waals surface area contributed by atoms with E-state index in [1.165, 1.54) is 6.07 Å². The number of hydrogen-bond donors (Lipinski definition) is 1. The summed E-state index contributed by atoms with van der Waals surface area (Å²) >= 11 is 0. The average Bonchev–Trinajstić information content (AvgIpc) is 2.37. The number of likely N-dealkylation sites (N-methyl/N-ethyl adjacent to an activating group) is 1. The average molecular weight is 289 g/mol. The lowest BCUT2D eigenvalue weighted by Crippen LogP contribution is -2.43. The minimum atomic E-state index is -4.60. The van der Waals surface area contributed by atoms with Gasteiger partial charge < -0.3 is 5.32 Å². The van der Waals surface area contributed by atoms with Gasteiger partial charge in [0.15, 0.2) is 0 Å². The molecule has 1 aromatic carbocycles. The lowest BCUT2D eigenvalue weighted by Gasteiger charge is -2.33. The van der Waals surface area contributed by atoms with Crippen molar-refractivity contribution < 1.29 is 18.1 Å². The predicted octanol–water partition coefficient (Wildman–Crippen LogP) is 2.19. The van der Waals surface area contributed by atoms with Gasteiger partial charge in [0, 0.05) is 37.8 Å². The first kappa shape index (κ1) is 14.7. The Balaban J connectivity index is 2.46. The summed E-state index contributed by atoms with van der Waals surface area (Å²) in [5.74, 6) is 0. The Kier molecular flexibility index (Phi) is 3.96. The maximum atomic E-state index is 12.8. The Morgan fingerprint density at radius 1 is 1.40 bits per heavy atom. The number of nitrogens with one attached hydrogen (secondary N) is 1. The van der Waals surface area contributed by atoms with Crippen molar-refractivity contribution in [3.63, 3.8) is 0 Å². The first-order valence-electron chi connectivity index (χ1n) is 6.06. The van der Waals surface area contributed by atoms with Crippen molar-refractivity contribution in [3.8, 4) is 0 Å². The maximum Gasteiger partial charge on any atom is 0.416 e. The minimum absolute atomic E-state index is 0.301. The Bertz CT molecular complexity index is 519. The number of halogens is 3. The molecule has 0 bridgehead atoms. The predicted molar refractivity (Wildman–Crippen MR) is 66.3 cm³/mol. The Morgan fingerprint density at radius 3 is 2.65 bits per heavy atom. The molecule has 2 rings (SSSR count). The molecule has 110 valence electrons. The number of benzene rings is 1. The van der Waals surface area contributed by atoms with Gasteiger partial charge in [-0.3, -0.25) is 15.0 Å². The zero-order chi connectivity index (χ0) is 14.9. The molecular formula is C12H14F3N3O2. The van der Waals surface area contributed by atoms with Crippen molar-refractivity contribution in [3.05, 3.63) is 39.4 Å². The number of nitro benzene ring substituents is 1. The van der Waals surface area contributed by atoms with E-state index in [-0.39, 0.29) is 6.04 Å². The van der Waals surface area contributed by atoms with Crippen molar-refractivity contribution in [1.29, 1.82) is 0 Å². The van der Waals surface area contributed by atoms with Crippen LogP contribution >= 0.6 is 0 Å². The van der Waals surface area contributed by atoms with Crippen molar-refractivity contribution in [1.82, 2.24) is 10.2 Å². The highest BCUT2D eigenvalue weighted by molar-refractivity contribution is 5.42. The first-order chi connectivity index (χ1) is 9.29. The molecule has 8 heteroatoms. The molecule has 0 saturated carbocycles. The van der Waals surface area contributed by atoms with E-state index in [0.717, 1.165) is 12.6 Å². The van der Waals surface area contributed by atoms with Gasteiger partial charge in [-0.15, -0.1) is 0 Å². The van der Waals surface area contributed by atoms with E-state index in [0.29, 0.717) is 24.7 Å². The van der Waals surface area contributed by atoms with Crippen LogP contribution in [0.15, 0.2) is 18.2 Å². The van der Waals surface area contributed by atoms with Crippen LogP contribution in [0.2, 0.25) is 0 Å². The highest BCUT2D eigenvalue weighted by atomic mass is 19.4. The Hall–Kier alpha value is -1.67. The Labute approximate surface area is 113 Å². The summed E-state index contributed by atoms with van der Waals surface area (Å²) in [6, 6.07) is 2.47. The summed E-state index contributed by atoms with van der Waals surface area (Å²) in [7, 11) is 1.79. The van der Waals surface area contributed by atoms with Crippen molar-refractivity contribution in [2.75, 3.05) is 26.7 Å². The molecule has 1 aliphatic heterocycles. The highest BCUT2D eigenvalue weighted by Crippen LogP contribution is 2.35. The van der Waals surface area contributed by atoms with Gasteiger partial charge in [0.1, 0.15) is 0 Å². The quantitative estimate of drug-likeness (QED) is 0.670. The summed E-state index contributed by atoms with van der Waals surface area (Å²) in [6.07, 6.45) is -4.60. The fourth-order valence-corrected chi connectivity index (χ4v) is 2.27. The zero-order valence-corrected chi connectivity index (χ0v) is 10.8. The molecule has 1 heterocycles. The molecule has 0 amide bonds. The van der Waals surface area contributed by atoms with Crippen LogP contribution in [0.4, 0.5) is 18.9 Å². The SMILES string of the molecule is CN1CCNCC1c1cc([N+](=O)[O-])cc(C(F)(F)F)c1. The van der Waals surface area contributed by atoms with Gasteiger partial charge in [0.2, 0.25) is 0 Å². The van der Waals surface area contributed by atoms with Crippen molar-refractivity contribution in [2.45, 2.75) is 12.2 Å². The van der Waals surface area contributed by atoms with Gasteiger partial charge in [-0.25, -0.2) is 0 Å². The molecule has 0 aliphatic carbocycles. The lowest BCUT2D eigenvalue weighted by molar-refractivity contribution is -0.385. The lowest BCUT2D eigenvalue weighted by atomic mass is 10.00. The number of alkyl halides is 3. The molecule has 1 saturated heterocycles. The van der Waals surface area contributed by atoms with Gasteiger partial charge in [-0.1, -0.05) is 0 Å². The van der Waals surface area contributed by atoms with Crippen LogP contribution in [-0.2, 0) is 6.18 Å². The molecule has 1 unspecified atom stereocenters. The Morgan fingerprint density at radius 2 is 2.10 bits per heavy atom. The number of non-ortho nitro benzene ring substituents is 1. The van der Waals surface area contributed by atoms with Crippen LogP contribution in [0.5, 0.6) is 0 Å². The van der Waals surface area contributed by atoms with Gasteiger partial charge >= 0.3 is 6.18 Å². The molecule has 1 aliphatic rings. The normalized spacial score (nSPS) is 20.9. The van der Waals surface area contributed by atoms with E-state index in [1.54, 1.807) is 7.05 Å². The monoisotopic (exact) mass is 289 g/mol. The third-order valence-electron chi connectivity index (χ3n) is 3.37. The third-order valence-corrected chi connectivity index (χ3v) is 3.37. The van der Waals surface area contributed by atoms with Crippen molar-refractivity contribution >= 4 is 5.69 Å². The summed E-state index contributed by atoms with van der Waals surface area (Å²) in [5, 5.41) is 13.9. The number of piperazine rings is 1. The van der Waals surface area contributed by atoms with E-state index >= 15 is 0 Å². The van der Waals surface area contributed by atoms with Crippen LogP contribution < -0.4 is 5.32 Å². The standard InChI is InChI=1S/C12H14F3N3O2/c1-17-3-2-16-7-11(17)8-4-9(12(13,14)15)6-10(5-8)18(19)20/h4-6,11,16H,2-3,7H2,1H3. The molecule has 1 atom stereocenters. The highest BCUT2D eigenvalue weighted by Gasteiger charge is 2.34. The summed E-state index contributed by atoms with van der Waals surface area (Å²) in [4.78, 5) is 11.9. The second-order valence-electron chi connectivity index (χ2n) is 4.77. The number of hydrogen-bond acceptors (Lipinski definition) is 4. The first-order valence-corrected chi connectivity index (χ1v) is 6.06. The van der Waals surface area contributed by atoms with E-state index in [1.807, 2.05) is 4.90 Å². The van der Waals surface area contributed by atoms with Gasteiger partial charge in [0.25, 0.3) is 5.69 Å². The molecule has 0 spiro atoms. The van der Waals surface area contributed by atoms with E-state index in [4.69, 9.17) is 0 Å². The summed E-state index contributed by atoms with van der Waals surface area (Å²) < 4.78 is 38.5. The number of nitrogens with zero attached hydrogens (tertiary/aromatic N) is 2. The zero-order valence-electron chi connectivity index (χ0n) is 10.8. The van der Waals surface area contributed by atoms with E-state index in [9.17, 15) is 23.3 Å². The largest absolute Gasteiger partial charge is 0.416 e. The minimum Gasteiger partial charge on any atom is -0.314 e. The van der Waals surface area contributed by atoms with Gasteiger partial charge in [0.05, 0.1) is 10.5 Å². The smallest absolute Gasteiger partial charge is 0.314 e. The second kappa shape index (κ2) is 5.37. The third kappa shape index (κ3) is 3.07. The molecule has 0 aromatic heterocycles. The van der Waals surface area contributed by atoms with Crippen LogP contribution in [-0.4, -0.2) is 36.5 Å². The molecule has 5 nitrogen and oxygen atoms in total. The molecule has 20 heavy (non-hydrogen) atoms. The topological polar surface area (TPSA) is 58.4 Å². The van der Waals surface area contributed by atoms with Crippen LogP contribution in [0, 0.1) is 10.1 Å². The molecule has 1 fully saturated rings. The van der Waals surface area contributed by atoms with Crippen LogP contribution in [0.1, 0.15) is 17.2 Å². The number of nitro groups is 1. The molecule has 1 N–H and O–H groups in total. The number of rotatable bonds is 2. The summed E-state index contributed by atoms with van der Waals surface area (Å²) in [5.41, 5.74) is -1.21. The summed E-state index contributed by atoms with van der Waals surface area (Å²) in [6.45, 7) is 1.89. The fraction of sp³-hybridized carbons (Fsp3) is 0.500. The van der Waals surface area contributed by atoms with Crippen LogP contribution in [0.25, 0.3) is 0 Å². The second-order valence-corrected chi connectivity index (χ2v) is 4.77. The van der Waals surface area contributed by atoms with E-state index in [2.05, 4.69) is 5.32 Å². The molecular weight excluding hydrogens is 275 g/mol. The van der Waals surface area contributed by atoms with Crippen molar-refractivity contribution in [2.24, 2.45) is 0 Å². The van der Waals surface area contributed by atoms with E-state index < -0.39 is 22.4 Å². The molecule has 1 aromatic rings. The molecule has 0 radical (unpaired) electrons. The van der Waals surface area contributed by atoms with Crippen LogP contribution in [0.3, 0.4) is 0 Å². The van der Waals surface area contributed by atoms with Gasteiger partial charge in [-0.05, 0) is 18.7 Å². The fourth-order valence-electron chi connectivity index (χ4n) is 2.27. The maximum absolute atomic E-state index is 12.8.